The average Bonchev–Trinajstić information content (AvgIpc) is 2.29. The summed E-state index contributed by atoms with van der Waals surface area (Å²) in [7, 11) is 0. The number of nitrogens with zero attached hydrogens (tertiary/aromatic N) is 1. The maximum absolute atomic E-state index is 9.06. The molecule has 90 valence electrons. The van der Waals surface area contributed by atoms with E-state index in [0.717, 1.165) is 25.6 Å². The van der Waals surface area contributed by atoms with Crippen LogP contribution in [-0.4, -0.2) is 42.3 Å². The second-order valence-electron chi connectivity index (χ2n) is 4.97. The van der Waals surface area contributed by atoms with Gasteiger partial charge in [0.1, 0.15) is 0 Å². The van der Waals surface area contributed by atoms with Crippen molar-refractivity contribution in [3.05, 3.63) is 0 Å². The van der Waals surface area contributed by atoms with Gasteiger partial charge in [-0.1, -0.05) is 20.3 Å². The molecule has 3 unspecified atom stereocenters. The molecule has 0 spiro atoms. The Kier molecular flexibility index (Phi) is 5.58. The van der Waals surface area contributed by atoms with Gasteiger partial charge in [-0.05, 0) is 31.2 Å². The van der Waals surface area contributed by atoms with Crippen molar-refractivity contribution in [1.29, 1.82) is 0 Å². The summed E-state index contributed by atoms with van der Waals surface area (Å²) < 4.78 is 0. The monoisotopic (exact) mass is 214 g/mol. The van der Waals surface area contributed by atoms with E-state index < -0.39 is 0 Å². The molecule has 0 aromatic carbocycles. The average molecular weight is 214 g/mol. The summed E-state index contributed by atoms with van der Waals surface area (Å²) in [5, 5.41) is 9.06. The molecule has 0 bridgehead atoms. The maximum Gasteiger partial charge on any atom is 0.0468 e. The zero-order valence-corrected chi connectivity index (χ0v) is 10.2. The highest BCUT2D eigenvalue weighted by Crippen LogP contribution is 2.25. The number of hydrogen-bond donors (Lipinski definition) is 2. The van der Waals surface area contributed by atoms with Gasteiger partial charge in [-0.2, -0.15) is 0 Å². The van der Waals surface area contributed by atoms with E-state index in [-0.39, 0.29) is 6.61 Å². The highest BCUT2D eigenvalue weighted by atomic mass is 16.3. The zero-order chi connectivity index (χ0) is 11.3. The van der Waals surface area contributed by atoms with Crippen LogP contribution in [0.15, 0.2) is 0 Å². The predicted molar refractivity (Wildman–Crippen MR) is 63.7 cm³/mol. The third kappa shape index (κ3) is 3.74. The number of aliphatic hydroxyl groups is 1. The summed E-state index contributed by atoms with van der Waals surface area (Å²) in [6.07, 6.45) is 3.82. The Hall–Kier alpha value is -0.120. The molecule has 1 rings (SSSR count). The summed E-state index contributed by atoms with van der Waals surface area (Å²) in [6.45, 7) is 7.56. The number of rotatable bonds is 5. The van der Waals surface area contributed by atoms with Crippen LogP contribution in [0.4, 0.5) is 0 Å². The van der Waals surface area contributed by atoms with E-state index in [1.807, 2.05) is 0 Å². The molecule has 0 aliphatic carbocycles. The molecule has 1 aliphatic rings. The van der Waals surface area contributed by atoms with Gasteiger partial charge in [0, 0.05) is 25.7 Å². The number of hydrogen-bond acceptors (Lipinski definition) is 3. The molecule has 3 atom stereocenters. The van der Waals surface area contributed by atoms with Gasteiger partial charge in [0.15, 0.2) is 0 Å². The molecule has 0 saturated carbocycles. The Morgan fingerprint density at radius 3 is 2.80 bits per heavy atom. The van der Waals surface area contributed by atoms with Crippen molar-refractivity contribution in [2.24, 2.45) is 17.6 Å². The highest BCUT2D eigenvalue weighted by molar-refractivity contribution is 4.82. The van der Waals surface area contributed by atoms with Crippen LogP contribution in [0.3, 0.4) is 0 Å². The predicted octanol–water partition coefficient (Wildman–Crippen LogP) is 1.06. The van der Waals surface area contributed by atoms with Crippen molar-refractivity contribution in [3.8, 4) is 0 Å². The lowest BCUT2D eigenvalue weighted by Gasteiger charge is -2.39. The molecule has 15 heavy (non-hydrogen) atoms. The van der Waals surface area contributed by atoms with Crippen LogP contribution in [0.2, 0.25) is 0 Å². The summed E-state index contributed by atoms with van der Waals surface area (Å²) in [5.74, 6) is 1.23. The number of piperidine rings is 1. The molecule has 1 heterocycles. The molecule has 3 nitrogen and oxygen atoms in total. The van der Waals surface area contributed by atoms with E-state index in [0.29, 0.717) is 12.0 Å². The first-order chi connectivity index (χ1) is 7.21. The fourth-order valence-corrected chi connectivity index (χ4v) is 2.50. The van der Waals surface area contributed by atoms with Crippen molar-refractivity contribution in [2.75, 3.05) is 26.2 Å². The fourth-order valence-electron chi connectivity index (χ4n) is 2.50. The van der Waals surface area contributed by atoms with Gasteiger partial charge in [0.2, 0.25) is 0 Å². The minimum Gasteiger partial charge on any atom is -0.396 e. The van der Waals surface area contributed by atoms with Crippen LogP contribution in [-0.2, 0) is 0 Å². The van der Waals surface area contributed by atoms with Crippen LogP contribution >= 0.6 is 0 Å². The Morgan fingerprint density at radius 1 is 1.53 bits per heavy atom. The Labute approximate surface area is 93.6 Å². The lowest BCUT2D eigenvalue weighted by molar-refractivity contribution is 0.0846. The van der Waals surface area contributed by atoms with Gasteiger partial charge in [0.25, 0.3) is 0 Å². The van der Waals surface area contributed by atoms with Crippen molar-refractivity contribution >= 4 is 0 Å². The Morgan fingerprint density at radius 2 is 2.27 bits per heavy atom. The van der Waals surface area contributed by atoms with Crippen molar-refractivity contribution in [3.63, 3.8) is 0 Å². The molecule has 0 amide bonds. The Balaban J connectivity index is 2.43. The second kappa shape index (κ2) is 6.46. The third-order valence-corrected chi connectivity index (χ3v) is 3.65. The topological polar surface area (TPSA) is 49.5 Å². The van der Waals surface area contributed by atoms with Gasteiger partial charge in [-0.25, -0.2) is 0 Å². The van der Waals surface area contributed by atoms with E-state index in [4.69, 9.17) is 10.8 Å². The summed E-state index contributed by atoms with van der Waals surface area (Å²) in [4.78, 5) is 2.47. The Bertz CT molecular complexity index is 175. The maximum atomic E-state index is 9.06. The highest BCUT2D eigenvalue weighted by Gasteiger charge is 2.27. The van der Waals surface area contributed by atoms with Crippen LogP contribution in [0.25, 0.3) is 0 Å². The first kappa shape index (κ1) is 12.9. The number of likely N-dealkylation sites (tertiary alicyclic amines) is 1. The molecule has 0 aromatic rings. The van der Waals surface area contributed by atoms with Gasteiger partial charge < -0.3 is 10.8 Å². The van der Waals surface area contributed by atoms with Crippen LogP contribution < -0.4 is 5.73 Å². The van der Waals surface area contributed by atoms with Gasteiger partial charge in [-0.15, -0.1) is 0 Å². The molecule has 0 radical (unpaired) electrons. The molecule has 3 heteroatoms. The first-order valence-electron chi connectivity index (χ1n) is 6.26. The third-order valence-electron chi connectivity index (χ3n) is 3.65. The summed E-state index contributed by atoms with van der Waals surface area (Å²) in [6, 6.07) is 0.540. The van der Waals surface area contributed by atoms with Gasteiger partial charge >= 0.3 is 0 Å². The number of aliphatic hydroxyl groups excluding tert-OH is 1. The minimum absolute atomic E-state index is 0.283. The van der Waals surface area contributed by atoms with E-state index in [1.54, 1.807) is 0 Å². The molecular weight excluding hydrogens is 188 g/mol. The lowest BCUT2D eigenvalue weighted by Crippen LogP contribution is -2.48. The van der Waals surface area contributed by atoms with E-state index in [2.05, 4.69) is 18.7 Å². The zero-order valence-electron chi connectivity index (χ0n) is 10.2. The van der Waals surface area contributed by atoms with Crippen LogP contribution in [0.1, 0.15) is 33.1 Å². The normalized spacial score (nSPS) is 30.4. The van der Waals surface area contributed by atoms with Crippen molar-refractivity contribution < 1.29 is 5.11 Å². The van der Waals surface area contributed by atoms with E-state index >= 15 is 0 Å². The van der Waals surface area contributed by atoms with Crippen molar-refractivity contribution in [2.45, 2.75) is 39.2 Å². The second-order valence-corrected chi connectivity index (χ2v) is 4.97. The SMILES string of the molecule is CCC1CCN(CC(C)CO)C(CN)C1. The molecule has 3 N–H and O–H groups in total. The van der Waals surface area contributed by atoms with Crippen LogP contribution in [0.5, 0.6) is 0 Å². The number of nitrogens with two attached hydrogens (primary N) is 1. The minimum atomic E-state index is 0.283. The largest absolute Gasteiger partial charge is 0.396 e. The van der Waals surface area contributed by atoms with E-state index in [9.17, 15) is 0 Å². The van der Waals surface area contributed by atoms with Gasteiger partial charge in [0.05, 0.1) is 0 Å². The fraction of sp³-hybridized carbons (Fsp3) is 1.00. The molecule has 1 aliphatic heterocycles. The summed E-state index contributed by atoms with van der Waals surface area (Å²) >= 11 is 0. The van der Waals surface area contributed by atoms with Gasteiger partial charge in [-0.3, -0.25) is 4.90 Å². The van der Waals surface area contributed by atoms with Crippen molar-refractivity contribution in [1.82, 2.24) is 4.90 Å². The standard InChI is InChI=1S/C12H26N2O/c1-3-11-4-5-14(8-10(2)9-15)12(6-11)7-13/h10-12,15H,3-9,13H2,1-2H3. The summed E-state index contributed by atoms with van der Waals surface area (Å²) in [5.41, 5.74) is 5.82. The quantitative estimate of drug-likeness (QED) is 0.719. The van der Waals surface area contributed by atoms with E-state index in [1.165, 1.54) is 19.3 Å². The first-order valence-corrected chi connectivity index (χ1v) is 6.26. The van der Waals surface area contributed by atoms with Crippen LogP contribution in [0, 0.1) is 11.8 Å². The molecule has 1 fully saturated rings. The molecule has 1 saturated heterocycles. The smallest absolute Gasteiger partial charge is 0.0468 e. The molecular formula is C12H26N2O. The lowest BCUT2D eigenvalue weighted by atomic mass is 9.88. The molecule has 0 aromatic heterocycles.